The summed E-state index contributed by atoms with van der Waals surface area (Å²) in [4.78, 5) is 35.2. The van der Waals surface area contributed by atoms with Crippen molar-refractivity contribution in [1.82, 2.24) is 19.9 Å². The lowest BCUT2D eigenvalue weighted by Crippen LogP contribution is -2.40. The van der Waals surface area contributed by atoms with E-state index in [0.717, 1.165) is 121 Å². The number of piperidine rings is 2. The minimum Gasteiger partial charge on any atom is -0.479 e. The van der Waals surface area contributed by atoms with E-state index in [-0.39, 0.29) is 5.41 Å². The third kappa shape index (κ3) is 7.62. The number of rotatable bonds is 8. The summed E-state index contributed by atoms with van der Waals surface area (Å²) in [5.74, 6) is -0.177. The van der Waals surface area contributed by atoms with Gasteiger partial charge in [-0.05, 0) is 113 Å². The zero-order chi connectivity index (χ0) is 39.6. The number of anilines is 2. The quantitative estimate of drug-likeness (QED) is 0.164. The minimum absolute atomic E-state index is 0.214. The SMILES string of the molecule is Cc1nc(CN2CCC(C)(C)CC2)c(-c2ccc3c(c2)CCN(c2ncnc4c2oc2ccccc24)C3)c(N2CCC(C)(C)CC2)c1[C@H](OC(C)(C)C)C(=O)O. The number of likely N-dealkylation sites (tertiary alicyclic amines) is 1. The van der Waals surface area contributed by atoms with Crippen molar-refractivity contribution in [3.8, 4) is 11.1 Å². The van der Waals surface area contributed by atoms with Crippen LogP contribution in [0.1, 0.15) is 108 Å². The van der Waals surface area contributed by atoms with E-state index in [1.54, 1.807) is 6.33 Å². The Labute approximate surface area is 331 Å². The molecule has 6 heterocycles. The fourth-order valence-electron chi connectivity index (χ4n) is 8.90. The molecule has 1 N–H and O–H groups in total. The predicted molar refractivity (Wildman–Crippen MR) is 223 cm³/mol. The maximum atomic E-state index is 13.3. The number of pyridine rings is 1. The van der Waals surface area contributed by atoms with E-state index >= 15 is 0 Å². The number of carbonyl (C=O) groups is 1. The summed E-state index contributed by atoms with van der Waals surface area (Å²) in [7, 11) is 0. The van der Waals surface area contributed by atoms with E-state index in [0.29, 0.717) is 24.1 Å². The van der Waals surface area contributed by atoms with E-state index in [2.05, 4.69) is 65.6 Å². The maximum Gasteiger partial charge on any atom is 0.337 e. The molecule has 3 aliphatic heterocycles. The van der Waals surface area contributed by atoms with Crippen molar-refractivity contribution in [2.45, 2.75) is 112 Å². The normalized spacial score (nSPS) is 19.4. The highest BCUT2D eigenvalue weighted by atomic mass is 16.5. The van der Waals surface area contributed by atoms with Crippen molar-refractivity contribution < 1.29 is 19.1 Å². The smallest absolute Gasteiger partial charge is 0.337 e. The number of hydrogen-bond donors (Lipinski definition) is 1. The molecule has 2 fully saturated rings. The van der Waals surface area contributed by atoms with Crippen LogP contribution in [-0.2, 0) is 29.0 Å². The Balaban J connectivity index is 1.24. The Morgan fingerprint density at radius 2 is 1.61 bits per heavy atom. The first-order valence-corrected chi connectivity index (χ1v) is 20.5. The van der Waals surface area contributed by atoms with E-state index in [4.69, 9.17) is 19.1 Å². The molecule has 296 valence electrons. The van der Waals surface area contributed by atoms with E-state index in [1.807, 2.05) is 52.0 Å². The van der Waals surface area contributed by atoms with E-state index in [1.165, 1.54) is 11.1 Å². The van der Waals surface area contributed by atoms with Crippen molar-refractivity contribution in [2.24, 2.45) is 10.8 Å². The minimum atomic E-state index is -1.16. The van der Waals surface area contributed by atoms with Gasteiger partial charge >= 0.3 is 5.97 Å². The molecule has 3 aliphatic rings. The summed E-state index contributed by atoms with van der Waals surface area (Å²) in [6.07, 6.45) is 5.61. The van der Waals surface area contributed by atoms with Gasteiger partial charge in [0.15, 0.2) is 17.5 Å². The molecular formula is C46H58N6O4. The van der Waals surface area contributed by atoms with Crippen LogP contribution in [0.3, 0.4) is 0 Å². The average Bonchev–Trinajstić information content (AvgIpc) is 3.53. The maximum absolute atomic E-state index is 13.3. The molecule has 10 nitrogen and oxygen atoms in total. The molecule has 0 aliphatic carbocycles. The average molecular weight is 759 g/mol. The number of carboxylic acids is 1. The molecule has 10 heteroatoms. The first kappa shape index (κ1) is 38.3. The van der Waals surface area contributed by atoms with Crippen LogP contribution in [0, 0.1) is 17.8 Å². The molecule has 0 spiro atoms. The Morgan fingerprint density at radius 1 is 0.911 bits per heavy atom. The molecule has 2 saturated heterocycles. The predicted octanol–water partition coefficient (Wildman–Crippen LogP) is 9.50. The Morgan fingerprint density at radius 3 is 2.30 bits per heavy atom. The van der Waals surface area contributed by atoms with Gasteiger partial charge in [0.25, 0.3) is 0 Å². The van der Waals surface area contributed by atoms with Gasteiger partial charge in [-0.3, -0.25) is 9.88 Å². The molecule has 1 atom stereocenters. The van der Waals surface area contributed by atoms with Crippen molar-refractivity contribution in [3.63, 3.8) is 0 Å². The van der Waals surface area contributed by atoms with Crippen molar-refractivity contribution >= 4 is 39.5 Å². The standard InChI is InChI=1S/C46H58N6O4/c1-29-36(40(43(53)54)56-44(2,3)4)39(51-23-18-46(7,8)19-24-51)37(34(49-29)27-50-21-16-45(5,6)17-22-50)31-13-14-32-26-52(20-15-30(32)25-31)42-41-38(47-28-48-42)33-11-9-10-12-35(33)55-41/h9-14,25,28,40H,15-24,26-27H2,1-8H3,(H,53,54)/t40-/m0/s1. The second-order valence-electron chi connectivity index (χ2n) is 18.9. The van der Waals surface area contributed by atoms with Crippen LogP contribution < -0.4 is 9.80 Å². The summed E-state index contributed by atoms with van der Waals surface area (Å²) in [6.45, 7) is 23.0. The fourth-order valence-corrected chi connectivity index (χ4v) is 8.90. The summed E-state index contributed by atoms with van der Waals surface area (Å²) in [5, 5.41) is 11.8. The number of ether oxygens (including phenoxy) is 1. The molecule has 0 amide bonds. The number of para-hydroxylation sites is 1. The molecular weight excluding hydrogens is 701 g/mol. The summed E-state index contributed by atoms with van der Waals surface area (Å²) < 4.78 is 12.8. The van der Waals surface area contributed by atoms with Crippen LogP contribution in [0.15, 0.2) is 53.2 Å². The number of benzene rings is 2. The van der Waals surface area contributed by atoms with Crippen LogP contribution in [-0.4, -0.2) is 69.3 Å². The number of carboxylic acid groups (broad SMARTS) is 1. The van der Waals surface area contributed by atoms with Crippen LogP contribution in [0.4, 0.5) is 11.5 Å². The van der Waals surface area contributed by atoms with Gasteiger partial charge in [0, 0.05) is 54.9 Å². The van der Waals surface area contributed by atoms with Crippen LogP contribution in [0.5, 0.6) is 0 Å². The van der Waals surface area contributed by atoms with Gasteiger partial charge in [-0.25, -0.2) is 14.8 Å². The number of aliphatic carboxylic acids is 1. The summed E-state index contributed by atoms with van der Waals surface area (Å²) in [5.41, 5.74) is 10.3. The summed E-state index contributed by atoms with van der Waals surface area (Å²) >= 11 is 0. The highest BCUT2D eigenvalue weighted by Crippen LogP contribution is 2.46. The van der Waals surface area contributed by atoms with Crippen molar-refractivity contribution in [2.75, 3.05) is 42.5 Å². The van der Waals surface area contributed by atoms with Crippen LogP contribution >= 0.6 is 0 Å². The number of furan rings is 1. The number of fused-ring (bicyclic) bond motifs is 4. The van der Waals surface area contributed by atoms with Gasteiger partial charge in [-0.15, -0.1) is 0 Å². The first-order valence-electron chi connectivity index (χ1n) is 20.5. The second-order valence-corrected chi connectivity index (χ2v) is 18.9. The lowest BCUT2D eigenvalue weighted by Gasteiger charge is -2.42. The van der Waals surface area contributed by atoms with Gasteiger partial charge in [-0.2, -0.15) is 0 Å². The molecule has 8 rings (SSSR count). The van der Waals surface area contributed by atoms with E-state index < -0.39 is 17.7 Å². The van der Waals surface area contributed by atoms with Gasteiger partial charge in [0.2, 0.25) is 0 Å². The van der Waals surface area contributed by atoms with E-state index in [9.17, 15) is 9.90 Å². The largest absolute Gasteiger partial charge is 0.479 e. The van der Waals surface area contributed by atoms with Gasteiger partial charge < -0.3 is 24.1 Å². The molecule has 0 saturated carbocycles. The highest BCUT2D eigenvalue weighted by Gasteiger charge is 2.38. The number of nitrogens with zero attached hydrogens (tertiary/aromatic N) is 6. The van der Waals surface area contributed by atoms with Gasteiger partial charge in [0.05, 0.1) is 17.0 Å². The second kappa shape index (κ2) is 14.4. The molecule has 0 unspecified atom stereocenters. The fraction of sp³-hybridized carbons (Fsp3) is 0.522. The summed E-state index contributed by atoms with van der Waals surface area (Å²) in [6, 6.07) is 14.8. The number of aryl methyl sites for hydroxylation is 1. The Hall–Kier alpha value is -4.54. The van der Waals surface area contributed by atoms with Gasteiger partial charge in [0.1, 0.15) is 17.4 Å². The molecule has 2 aromatic carbocycles. The zero-order valence-corrected chi connectivity index (χ0v) is 34.5. The third-order valence-electron chi connectivity index (χ3n) is 12.4. The molecule has 56 heavy (non-hydrogen) atoms. The number of hydrogen-bond acceptors (Lipinski definition) is 9. The highest BCUT2D eigenvalue weighted by molar-refractivity contribution is 6.05. The Bertz CT molecular complexity index is 2270. The molecule has 5 aromatic rings. The topological polar surface area (TPSA) is 108 Å². The molecule has 3 aromatic heterocycles. The van der Waals surface area contributed by atoms with Crippen LogP contribution in [0.25, 0.3) is 33.2 Å². The van der Waals surface area contributed by atoms with Crippen molar-refractivity contribution in [3.05, 3.63) is 76.9 Å². The Kier molecular flexibility index (Phi) is 9.89. The van der Waals surface area contributed by atoms with Gasteiger partial charge in [-0.1, -0.05) is 58.0 Å². The first-order chi connectivity index (χ1) is 26.6. The third-order valence-corrected chi connectivity index (χ3v) is 12.4. The molecule has 0 bridgehead atoms. The van der Waals surface area contributed by atoms with Crippen LogP contribution in [0.2, 0.25) is 0 Å². The lowest BCUT2D eigenvalue weighted by molar-refractivity contribution is -0.160. The lowest BCUT2D eigenvalue weighted by atomic mass is 9.81. The zero-order valence-electron chi connectivity index (χ0n) is 34.5. The molecule has 0 radical (unpaired) electrons. The monoisotopic (exact) mass is 758 g/mol. The number of aromatic nitrogens is 3. The van der Waals surface area contributed by atoms with Crippen molar-refractivity contribution in [1.29, 1.82) is 0 Å².